The number of aromatic nitrogens is 5. The summed E-state index contributed by atoms with van der Waals surface area (Å²) in [6, 6.07) is 15.9. The number of nitrogens with one attached hydrogen (secondary N) is 1. The van der Waals surface area contributed by atoms with Crippen LogP contribution in [-0.4, -0.2) is 29.7 Å². The van der Waals surface area contributed by atoms with Gasteiger partial charge in [-0.1, -0.05) is 56.5 Å². The van der Waals surface area contributed by atoms with Crippen molar-refractivity contribution >= 4 is 39.4 Å². The summed E-state index contributed by atoms with van der Waals surface area (Å²) in [5.41, 5.74) is 12.2. The van der Waals surface area contributed by atoms with Crippen LogP contribution in [0.15, 0.2) is 72.8 Å². The fraction of sp³-hybridized carbons (Fsp3) is 0.361. The van der Waals surface area contributed by atoms with Gasteiger partial charge in [0, 0.05) is 53.2 Å². The fourth-order valence-corrected chi connectivity index (χ4v) is 7.87. The van der Waals surface area contributed by atoms with Crippen LogP contribution < -0.4 is 11.6 Å². The molecule has 3 aromatic heterocycles. The van der Waals surface area contributed by atoms with Gasteiger partial charge in [0.05, 0.1) is 18.4 Å². The topological polar surface area (TPSA) is 124 Å². The van der Waals surface area contributed by atoms with Crippen molar-refractivity contribution in [3.8, 4) is 11.5 Å². The summed E-state index contributed by atoms with van der Waals surface area (Å²) < 4.78 is 24.5. The molecule has 5 aromatic rings. The monoisotopic (exact) mass is 780 g/mol. The Morgan fingerprint density at radius 1 is 1.10 bits per heavy atom. The van der Waals surface area contributed by atoms with E-state index in [-0.39, 0.29) is 24.2 Å². The Morgan fingerprint density at radius 3 is 2.67 bits per heavy atom. The summed E-state index contributed by atoms with van der Waals surface area (Å²) in [5.74, 6) is 7.64. The average molecular weight is 781 g/mol. The van der Waals surface area contributed by atoms with E-state index in [0.717, 1.165) is 48.0 Å². The van der Waals surface area contributed by atoms with E-state index >= 15 is 4.39 Å². The predicted molar refractivity (Wildman–Crippen MR) is 200 cm³/mol. The minimum Gasteiger partial charge on any atom is -0.400 e. The van der Waals surface area contributed by atoms with Crippen LogP contribution in [0.3, 0.4) is 0 Å². The Labute approximate surface area is 296 Å². The molecule has 2 unspecified atom stereocenters. The van der Waals surface area contributed by atoms with Crippen molar-refractivity contribution in [2.75, 3.05) is 0 Å². The third kappa shape index (κ3) is 6.75. The van der Waals surface area contributed by atoms with Gasteiger partial charge in [-0.3, -0.25) is 4.98 Å². The second-order valence-electron chi connectivity index (χ2n) is 13.7. The Bertz CT molecular complexity index is 1970. The van der Waals surface area contributed by atoms with Crippen LogP contribution in [0.5, 0.6) is 0 Å². The normalized spacial score (nSPS) is 21.8. The molecule has 252 valence electrons. The molecule has 0 radical (unpaired) electrons. The van der Waals surface area contributed by atoms with Gasteiger partial charge in [0.15, 0.2) is 11.6 Å². The maximum Gasteiger partial charge on any atom is 0.176 e. The van der Waals surface area contributed by atoms with Gasteiger partial charge < -0.3 is 20.3 Å². The van der Waals surface area contributed by atoms with Crippen LogP contribution in [0.4, 0.5) is 4.39 Å². The summed E-state index contributed by atoms with van der Waals surface area (Å²) in [5, 5.41) is 7.43. The number of hydrogen-bond donors (Lipinski definition) is 3. The molecule has 1 aliphatic rings. The molecular formula is C36H43FIN8OP. The molecule has 4 heterocycles. The first kappa shape index (κ1) is 34.5. The molecule has 0 fully saturated rings. The van der Waals surface area contributed by atoms with E-state index in [1.165, 1.54) is 17.2 Å². The second-order valence-corrected chi connectivity index (χ2v) is 15.4. The first-order chi connectivity index (χ1) is 22.9. The minimum absolute atomic E-state index is 0.0630. The zero-order chi connectivity index (χ0) is 34.2. The third-order valence-electron chi connectivity index (χ3n) is 9.77. The summed E-state index contributed by atoms with van der Waals surface area (Å²) >= 11 is 2.18. The summed E-state index contributed by atoms with van der Waals surface area (Å²) in [7, 11) is 1.90. The molecule has 0 spiro atoms. The van der Waals surface area contributed by atoms with Crippen molar-refractivity contribution in [1.29, 1.82) is 0 Å². The molecule has 5 N–H and O–H groups in total. The standard InChI is InChI=1S/C36H43FIN8OP/c1-22-9-8-10-24(17-22)36(4)14-7-6-13-35(2,3)30(39)21-46(40)20-26-25-12-16-41-28(25)19-27(37)31(26)32(47-48-38)23-11-15-42-29(18-23)33-43-34(36)44-45(33)5/h8-12,15-19,21,32,41,48H,6-7,13-14,20,39-40H2,1-5H3/b30-21-/t32?,36-/m1/s1. The van der Waals surface area contributed by atoms with E-state index < -0.39 is 11.5 Å². The molecule has 3 atom stereocenters. The van der Waals surface area contributed by atoms with Gasteiger partial charge in [0.2, 0.25) is 0 Å². The van der Waals surface area contributed by atoms with Gasteiger partial charge >= 0.3 is 0 Å². The van der Waals surface area contributed by atoms with Gasteiger partial charge in [-0.05, 0) is 89.7 Å². The summed E-state index contributed by atoms with van der Waals surface area (Å²) in [6.07, 6.45) is 8.21. The first-order valence-electron chi connectivity index (χ1n) is 16.1. The number of nitrogens with two attached hydrogens (primary N) is 2. The smallest absolute Gasteiger partial charge is 0.176 e. The lowest BCUT2D eigenvalue weighted by molar-refractivity contribution is 0.279. The van der Waals surface area contributed by atoms with Crippen LogP contribution in [0, 0.1) is 18.2 Å². The highest BCUT2D eigenvalue weighted by Crippen LogP contribution is 2.43. The van der Waals surface area contributed by atoms with Gasteiger partial charge in [-0.15, -0.1) is 0 Å². The highest BCUT2D eigenvalue weighted by Gasteiger charge is 2.35. The summed E-state index contributed by atoms with van der Waals surface area (Å²) in [6.45, 7) is 8.91. The molecule has 12 heteroatoms. The van der Waals surface area contributed by atoms with Gasteiger partial charge in [-0.25, -0.2) is 19.9 Å². The van der Waals surface area contributed by atoms with Crippen LogP contribution in [0.2, 0.25) is 0 Å². The minimum atomic E-state index is -0.727. The number of halogens is 2. The van der Waals surface area contributed by atoms with E-state index in [1.807, 2.05) is 31.4 Å². The molecule has 0 saturated carbocycles. The molecular weight excluding hydrogens is 737 g/mol. The molecule has 6 rings (SSSR count). The highest BCUT2D eigenvalue weighted by atomic mass is 127. The molecule has 4 bridgehead atoms. The molecule has 1 aliphatic heterocycles. The number of rotatable bonds is 3. The van der Waals surface area contributed by atoms with E-state index in [1.54, 1.807) is 22.1 Å². The summed E-state index contributed by atoms with van der Waals surface area (Å²) in [4.78, 5) is 13.0. The van der Waals surface area contributed by atoms with Gasteiger partial charge in [0.1, 0.15) is 17.6 Å². The van der Waals surface area contributed by atoms with Crippen molar-refractivity contribution in [2.24, 2.45) is 24.0 Å². The maximum absolute atomic E-state index is 16.3. The number of hydrogen-bond acceptors (Lipinski definition) is 7. The number of allylic oxidation sites excluding steroid dienone is 1. The Kier molecular flexibility index (Phi) is 9.95. The molecule has 0 amide bonds. The number of aromatic amines is 1. The highest BCUT2D eigenvalue weighted by molar-refractivity contribution is 14.2. The van der Waals surface area contributed by atoms with Crippen molar-refractivity contribution in [3.63, 3.8) is 0 Å². The Hall–Kier alpha value is -3.38. The van der Waals surface area contributed by atoms with Crippen molar-refractivity contribution < 1.29 is 8.91 Å². The van der Waals surface area contributed by atoms with E-state index in [2.05, 4.69) is 79.0 Å². The Morgan fingerprint density at radius 2 is 1.90 bits per heavy atom. The van der Waals surface area contributed by atoms with Crippen molar-refractivity contribution in [3.05, 3.63) is 112 Å². The van der Waals surface area contributed by atoms with Gasteiger partial charge in [-0.2, -0.15) is 5.10 Å². The van der Waals surface area contributed by atoms with E-state index in [0.29, 0.717) is 28.3 Å². The number of hydrazine groups is 1. The largest absolute Gasteiger partial charge is 0.400 e. The molecule has 2 aromatic carbocycles. The number of fused-ring (bicyclic) bond motifs is 8. The van der Waals surface area contributed by atoms with Crippen LogP contribution in [0.1, 0.15) is 86.2 Å². The first-order valence-corrected chi connectivity index (χ1v) is 20.2. The number of benzene rings is 2. The van der Waals surface area contributed by atoms with Gasteiger partial charge in [0.25, 0.3) is 0 Å². The zero-order valence-electron chi connectivity index (χ0n) is 28.0. The molecule has 9 nitrogen and oxygen atoms in total. The molecule has 0 aliphatic carbocycles. The van der Waals surface area contributed by atoms with Crippen LogP contribution in [0.25, 0.3) is 22.4 Å². The third-order valence-corrected chi connectivity index (χ3v) is 10.9. The van der Waals surface area contributed by atoms with E-state index in [4.69, 9.17) is 31.2 Å². The maximum atomic E-state index is 16.3. The number of nitrogens with zero attached hydrogens (tertiary/aromatic N) is 5. The number of pyridine rings is 1. The van der Waals surface area contributed by atoms with Crippen molar-refractivity contribution in [2.45, 2.75) is 71.4 Å². The lowest BCUT2D eigenvalue weighted by atomic mass is 9.75. The van der Waals surface area contributed by atoms with Crippen LogP contribution in [-0.2, 0) is 23.5 Å². The predicted octanol–water partition coefficient (Wildman–Crippen LogP) is 8.24. The lowest BCUT2D eigenvalue weighted by Crippen LogP contribution is -2.31. The zero-order valence-corrected chi connectivity index (χ0v) is 31.2. The SMILES string of the molecule is Cc1cccc([C@@]2(C)CCCCC(C)(C)/C(N)=C/N(N)Cc3c(c(F)cc4[nH]ccc34)C(OPI)c3ccnc(c3)-c3nc2nn3C)c1. The average Bonchev–Trinajstić information content (AvgIpc) is 3.68. The molecule has 48 heavy (non-hydrogen) atoms. The quantitative estimate of drug-likeness (QED) is 0.0958. The lowest BCUT2D eigenvalue weighted by Gasteiger charge is -2.30. The van der Waals surface area contributed by atoms with Crippen LogP contribution >= 0.6 is 28.5 Å². The van der Waals surface area contributed by atoms with Crippen molar-refractivity contribution in [1.82, 2.24) is 29.7 Å². The number of aryl methyl sites for hydroxylation is 2. The fourth-order valence-electron chi connectivity index (χ4n) is 6.77. The van der Waals surface area contributed by atoms with E-state index in [9.17, 15) is 0 Å². The Balaban J connectivity index is 1.56. The number of H-pyrrole nitrogens is 1. The molecule has 0 saturated heterocycles. The second kappa shape index (κ2) is 13.9.